The van der Waals surface area contributed by atoms with Crippen molar-refractivity contribution in [2.75, 3.05) is 13.1 Å². The van der Waals surface area contributed by atoms with Crippen LogP contribution >= 0.6 is 12.4 Å². The molecule has 2 atom stereocenters. The first-order chi connectivity index (χ1) is 8.09. The topological polar surface area (TPSA) is 15.3 Å². The molecule has 5 heteroatoms. The quantitative estimate of drug-likeness (QED) is 0.893. The lowest BCUT2D eigenvalue weighted by atomic mass is 10.1. The van der Waals surface area contributed by atoms with Crippen LogP contribution in [0, 0.1) is 11.6 Å². The van der Waals surface area contributed by atoms with Gasteiger partial charge >= 0.3 is 0 Å². The van der Waals surface area contributed by atoms with Gasteiger partial charge in [-0.3, -0.25) is 4.90 Å². The van der Waals surface area contributed by atoms with Crippen LogP contribution in [0.15, 0.2) is 18.2 Å². The fraction of sp³-hybridized carbons (Fsp3) is 0.538. The highest BCUT2D eigenvalue weighted by Gasteiger charge is 2.25. The van der Waals surface area contributed by atoms with Gasteiger partial charge in [-0.15, -0.1) is 12.4 Å². The Labute approximate surface area is 113 Å². The maximum Gasteiger partial charge on any atom is 0.130 e. The van der Waals surface area contributed by atoms with Gasteiger partial charge in [-0.2, -0.15) is 0 Å². The molecule has 0 aromatic heterocycles. The van der Waals surface area contributed by atoms with Gasteiger partial charge < -0.3 is 5.32 Å². The van der Waals surface area contributed by atoms with Crippen LogP contribution in [0.25, 0.3) is 0 Å². The minimum absolute atomic E-state index is 0. The van der Waals surface area contributed by atoms with Crippen molar-refractivity contribution in [1.82, 2.24) is 10.2 Å². The highest BCUT2D eigenvalue weighted by molar-refractivity contribution is 5.85. The van der Waals surface area contributed by atoms with Crippen LogP contribution in [0.1, 0.15) is 19.4 Å². The molecule has 0 aliphatic carbocycles. The molecule has 2 nitrogen and oxygen atoms in total. The number of benzene rings is 1. The molecule has 0 saturated carbocycles. The number of piperazine rings is 1. The Morgan fingerprint density at radius 3 is 2.50 bits per heavy atom. The maximum atomic E-state index is 13.5. The van der Waals surface area contributed by atoms with E-state index in [-0.39, 0.29) is 24.0 Å². The van der Waals surface area contributed by atoms with Crippen molar-refractivity contribution in [2.24, 2.45) is 0 Å². The molecular weight excluding hydrogens is 258 g/mol. The minimum Gasteiger partial charge on any atom is -0.311 e. The summed E-state index contributed by atoms with van der Waals surface area (Å²) in [6, 6.07) is 4.66. The third-order valence-electron chi connectivity index (χ3n) is 3.59. The zero-order chi connectivity index (χ0) is 12.4. The zero-order valence-electron chi connectivity index (χ0n) is 10.6. The second kappa shape index (κ2) is 6.45. The van der Waals surface area contributed by atoms with Crippen molar-refractivity contribution < 1.29 is 8.78 Å². The number of rotatable bonds is 2. The summed E-state index contributed by atoms with van der Waals surface area (Å²) in [4.78, 5) is 2.11. The van der Waals surface area contributed by atoms with Crippen LogP contribution in [0.4, 0.5) is 8.78 Å². The average molecular weight is 277 g/mol. The normalized spacial score (nSPS) is 24.7. The second-order valence-electron chi connectivity index (χ2n) is 4.65. The number of halogens is 3. The van der Waals surface area contributed by atoms with Crippen LogP contribution in [-0.2, 0) is 6.54 Å². The lowest BCUT2D eigenvalue weighted by molar-refractivity contribution is 0.128. The standard InChI is InChI=1S/C13H18F2N2.ClH/c1-9-10(2)17(7-6-16-9)8-11-12(14)4-3-5-13(11)15;/h3-5,9-10,16H,6-8H2,1-2H3;1H. The molecule has 1 aliphatic rings. The first-order valence-corrected chi connectivity index (χ1v) is 6.00. The van der Waals surface area contributed by atoms with E-state index in [4.69, 9.17) is 0 Å². The van der Waals surface area contributed by atoms with Gasteiger partial charge in [0, 0.05) is 37.3 Å². The summed E-state index contributed by atoms with van der Waals surface area (Å²) in [5.74, 6) is -0.910. The Balaban J connectivity index is 0.00000162. The van der Waals surface area contributed by atoms with Gasteiger partial charge in [-0.1, -0.05) is 6.07 Å². The molecule has 0 radical (unpaired) electrons. The number of nitrogens with one attached hydrogen (secondary N) is 1. The summed E-state index contributed by atoms with van der Waals surface area (Å²) >= 11 is 0. The molecule has 2 rings (SSSR count). The summed E-state index contributed by atoms with van der Waals surface area (Å²) in [6.45, 7) is 6.19. The molecule has 0 bridgehead atoms. The lowest BCUT2D eigenvalue weighted by Crippen LogP contribution is -2.54. The fourth-order valence-electron chi connectivity index (χ4n) is 2.24. The largest absolute Gasteiger partial charge is 0.311 e. The van der Waals surface area contributed by atoms with Crippen LogP contribution in [0.5, 0.6) is 0 Å². The fourth-order valence-corrected chi connectivity index (χ4v) is 2.24. The van der Waals surface area contributed by atoms with E-state index in [9.17, 15) is 8.78 Å². The maximum absolute atomic E-state index is 13.5. The highest BCUT2D eigenvalue weighted by atomic mass is 35.5. The molecule has 1 aliphatic heterocycles. The van der Waals surface area contributed by atoms with Crippen molar-refractivity contribution >= 4 is 12.4 Å². The van der Waals surface area contributed by atoms with E-state index in [1.807, 2.05) is 0 Å². The molecule has 1 aromatic rings. The Morgan fingerprint density at radius 1 is 1.28 bits per heavy atom. The van der Waals surface area contributed by atoms with E-state index >= 15 is 0 Å². The Hall–Kier alpha value is -0.710. The molecule has 18 heavy (non-hydrogen) atoms. The average Bonchev–Trinajstić information content (AvgIpc) is 2.29. The summed E-state index contributed by atoms with van der Waals surface area (Å²) in [5, 5.41) is 3.35. The molecule has 102 valence electrons. The number of nitrogens with zero attached hydrogens (tertiary/aromatic N) is 1. The Morgan fingerprint density at radius 2 is 1.89 bits per heavy atom. The number of hydrogen-bond acceptors (Lipinski definition) is 2. The first kappa shape index (κ1) is 15.3. The molecule has 0 amide bonds. The summed E-state index contributed by atoms with van der Waals surface area (Å²) in [7, 11) is 0. The van der Waals surface area contributed by atoms with Crippen molar-refractivity contribution in [3.63, 3.8) is 0 Å². The third-order valence-corrected chi connectivity index (χ3v) is 3.59. The van der Waals surface area contributed by atoms with E-state index in [2.05, 4.69) is 24.1 Å². The third kappa shape index (κ3) is 3.19. The van der Waals surface area contributed by atoms with Crippen LogP contribution < -0.4 is 5.32 Å². The van der Waals surface area contributed by atoms with E-state index in [1.165, 1.54) is 18.2 Å². The van der Waals surface area contributed by atoms with Crippen LogP contribution in [-0.4, -0.2) is 30.1 Å². The Bertz CT molecular complexity index is 380. The Kier molecular flexibility index (Phi) is 5.50. The molecule has 1 fully saturated rings. The molecular formula is C13H19ClF2N2. The van der Waals surface area contributed by atoms with Crippen LogP contribution in [0.3, 0.4) is 0 Å². The van der Waals surface area contributed by atoms with E-state index in [1.54, 1.807) is 0 Å². The van der Waals surface area contributed by atoms with Crippen molar-refractivity contribution in [1.29, 1.82) is 0 Å². The number of hydrogen-bond donors (Lipinski definition) is 1. The van der Waals surface area contributed by atoms with E-state index in [0.29, 0.717) is 12.6 Å². The van der Waals surface area contributed by atoms with Gasteiger partial charge in [0.2, 0.25) is 0 Å². The summed E-state index contributed by atoms with van der Waals surface area (Å²) in [5.41, 5.74) is 0.174. The highest BCUT2D eigenvalue weighted by Crippen LogP contribution is 2.18. The zero-order valence-corrected chi connectivity index (χ0v) is 11.4. The SMILES string of the molecule is CC1NCCN(Cc2c(F)cccc2F)C1C.Cl. The monoisotopic (exact) mass is 276 g/mol. The van der Waals surface area contributed by atoms with E-state index in [0.717, 1.165) is 13.1 Å². The molecule has 2 unspecified atom stereocenters. The summed E-state index contributed by atoms with van der Waals surface area (Å²) in [6.07, 6.45) is 0. The summed E-state index contributed by atoms with van der Waals surface area (Å²) < 4.78 is 27.1. The second-order valence-corrected chi connectivity index (χ2v) is 4.65. The van der Waals surface area contributed by atoms with Crippen LogP contribution in [0.2, 0.25) is 0 Å². The predicted molar refractivity (Wildman–Crippen MR) is 70.9 cm³/mol. The minimum atomic E-state index is -0.455. The molecule has 1 aromatic carbocycles. The predicted octanol–water partition coefficient (Wildman–Crippen LogP) is 2.57. The van der Waals surface area contributed by atoms with Gasteiger partial charge in [0.1, 0.15) is 11.6 Å². The van der Waals surface area contributed by atoms with Gasteiger partial charge in [-0.05, 0) is 26.0 Å². The molecule has 1 N–H and O–H groups in total. The lowest BCUT2D eigenvalue weighted by Gasteiger charge is -2.38. The molecule has 0 spiro atoms. The van der Waals surface area contributed by atoms with Gasteiger partial charge in [0.05, 0.1) is 0 Å². The van der Waals surface area contributed by atoms with Crippen molar-refractivity contribution in [3.05, 3.63) is 35.4 Å². The molecule has 1 saturated heterocycles. The van der Waals surface area contributed by atoms with E-state index < -0.39 is 11.6 Å². The molecule has 1 heterocycles. The first-order valence-electron chi connectivity index (χ1n) is 6.00. The van der Waals surface area contributed by atoms with Crippen molar-refractivity contribution in [3.8, 4) is 0 Å². The smallest absolute Gasteiger partial charge is 0.130 e. The van der Waals surface area contributed by atoms with Gasteiger partial charge in [0.15, 0.2) is 0 Å². The van der Waals surface area contributed by atoms with Gasteiger partial charge in [0.25, 0.3) is 0 Å². The van der Waals surface area contributed by atoms with Crippen molar-refractivity contribution in [2.45, 2.75) is 32.5 Å². The van der Waals surface area contributed by atoms with Gasteiger partial charge in [-0.25, -0.2) is 8.78 Å².